The van der Waals surface area contributed by atoms with Crippen LogP contribution in [-0.2, 0) is 23.6 Å². The van der Waals surface area contributed by atoms with E-state index < -0.39 is 10.0 Å². The molecule has 0 saturated heterocycles. The summed E-state index contributed by atoms with van der Waals surface area (Å²) in [5.74, 6) is 1.38. The standard InChI is InChI=1S/C17H17N3O3S/c1-20-13-17(12-18-20)24(21,22)19-11-14-6-5-9-16(10-14)23-15-7-3-2-4-8-15/h2-10,12-13,19H,11H2,1H3. The maximum atomic E-state index is 12.2. The van der Waals surface area contributed by atoms with Gasteiger partial charge in [0.15, 0.2) is 0 Å². The van der Waals surface area contributed by atoms with Crippen LogP contribution in [0.25, 0.3) is 0 Å². The number of rotatable bonds is 6. The molecule has 0 unspecified atom stereocenters. The summed E-state index contributed by atoms with van der Waals surface area (Å²) >= 11 is 0. The molecule has 0 saturated carbocycles. The van der Waals surface area contributed by atoms with Gasteiger partial charge in [0.25, 0.3) is 0 Å². The van der Waals surface area contributed by atoms with Gasteiger partial charge in [0.2, 0.25) is 10.0 Å². The highest BCUT2D eigenvalue weighted by Crippen LogP contribution is 2.22. The zero-order valence-corrected chi connectivity index (χ0v) is 13.9. The van der Waals surface area contributed by atoms with Crippen molar-refractivity contribution in [2.24, 2.45) is 7.05 Å². The fourth-order valence-corrected chi connectivity index (χ4v) is 3.14. The van der Waals surface area contributed by atoms with Crippen LogP contribution in [0, 0.1) is 0 Å². The number of sulfonamides is 1. The van der Waals surface area contributed by atoms with E-state index in [4.69, 9.17) is 4.74 Å². The predicted molar refractivity (Wildman–Crippen MR) is 90.2 cm³/mol. The van der Waals surface area contributed by atoms with Crippen molar-refractivity contribution in [2.45, 2.75) is 11.4 Å². The van der Waals surface area contributed by atoms with Gasteiger partial charge < -0.3 is 4.74 Å². The summed E-state index contributed by atoms with van der Waals surface area (Å²) in [6.07, 6.45) is 2.77. The first-order chi connectivity index (χ1) is 11.5. The van der Waals surface area contributed by atoms with Crippen LogP contribution < -0.4 is 9.46 Å². The molecule has 124 valence electrons. The van der Waals surface area contributed by atoms with Crippen molar-refractivity contribution in [3.63, 3.8) is 0 Å². The number of nitrogens with zero attached hydrogens (tertiary/aromatic N) is 2. The molecule has 3 aromatic rings. The minimum atomic E-state index is -3.58. The van der Waals surface area contributed by atoms with E-state index >= 15 is 0 Å². The largest absolute Gasteiger partial charge is 0.457 e. The van der Waals surface area contributed by atoms with Crippen LogP contribution >= 0.6 is 0 Å². The Morgan fingerprint density at radius 1 is 1.08 bits per heavy atom. The van der Waals surface area contributed by atoms with Crippen LogP contribution in [0.1, 0.15) is 5.56 Å². The monoisotopic (exact) mass is 343 g/mol. The Morgan fingerprint density at radius 2 is 1.83 bits per heavy atom. The third kappa shape index (κ3) is 4.01. The molecule has 0 fully saturated rings. The van der Waals surface area contributed by atoms with Crippen LogP contribution in [0.3, 0.4) is 0 Å². The molecule has 0 atom stereocenters. The third-order valence-electron chi connectivity index (χ3n) is 3.34. The molecular weight excluding hydrogens is 326 g/mol. The van der Waals surface area contributed by atoms with Gasteiger partial charge in [-0.3, -0.25) is 4.68 Å². The maximum Gasteiger partial charge on any atom is 0.243 e. The van der Waals surface area contributed by atoms with Gasteiger partial charge in [-0.15, -0.1) is 0 Å². The summed E-state index contributed by atoms with van der Waals surface area (Å²) in [4.78, 5) is 0.140. The van der Waals surface area contributed by atoms with E-state index in [0.29, 0.717) is 5.75 Å². The lowest BCUT2D eigenvalue weighted by atomic mass is 10.2. The zero-order chi connectivity index (χ0) is 17.0. The highest BCUT2D eigenvalue weighted by Gasteiger charge is 2.15. The lowest BCUT2D eigenvalue weighted by Crippen LogP contribution is -2.22. The Hall–Kier alpha value is -2.64. The number of benzene rings is 2. The molecule has 1 N–H and O–H groups in total. The molecule has 1 heterocycles. The molecule has 0 bridgehead atoms. The fraction of sp³-hybridized carbons (Fsp3) is 0.118. The first kappa shape index (κ1) is 16.2. The van der Waals surface area contributed by atoms with Crippen molar-refractivity contribution in [1.82, 2.24) is 14.5 Å². The lowest BCUT2D eigenvalue weighted by molar-refractivity contribution is 0.482. The highest BCUT2D eigenvalue weighted by atomic mass is 32.2. The number of aryl methyl sites for hydroxylation is 1. The number of hydrogen-bond donors (Lipinski definition) is 1. The summed E-state index contributed by atoms with van der Waals surface area (Å²) in [6.45, 7) is 0.170. The van der Waals surface area contributed by atoms with Crippen molar-refractivity contribution < 1.29 is 13.2 Å². The van der Waals surface area contributed by atoms with E-state index in [2.05, 4.69) is 9.82 Å². The minimum Gasteiger partial charge on any atom is -0.457 e. The zero-order valence-electron chi connectivity index (χ0n) is 13.1. The van der Waals surface area contributed by atoms with Gasteiger partial charge in [-0.25, -0.2) is 13.1 Å². The normalized spacial score (nSPS) is 11.4. The van der Waals surface area contributed by atoms with Crippen LogP contribution in [0.5, 0.6) is 11.5 Å². The van der Waals surface area contributed by atoms with E-state index in [1.54, 1.807) is 13.1 Å². The third-order valence-corrected chi connectivity index (χ3v) is 4.69. The molecule has 2 aromatic carbocycles. The minimum absolute atomic E-state index is 0.140. The van der Waals surface area contributed by atoms with Crippen molar-refractivity contribution >= 4 is 10.0 Å². The molecule has 0 spiro atoms. The number of aromatic nitrogens is 2. The molecule has 0 radical (unpaired) electrons. The second kappa shape index (κ2) is 6.86. The summed E-state index contributed by atoms with van der Waals surface area (Å²) < 4.78 is 34.2. The van der Waals surface area contributed by atoms with Crippen LogP contribution in [0.15, 0.2) is 71.9 Å². The average molecular weight is 343 g/mol. The summed E-state index contributed by atoms with van der Waals surface area (Å²) in [6, 6.07) is 16.7. The molecule has 6 nitrogen and oxygen atoms in total. The van der Waals surface area contributed by atoms with Gasteiger partial charge in [0.05, 0.1) is 6.20 Å². The average Bonchev–Trinajstić information content (AvgIpc) is 3.02. The van der Waals surface area contributed by atoms with Gasteiger partial charge in [-0.05, 0) is 29.8 Å². The molecule has 0 aliphatic rings. The Balaban J connectivity index is 1.69. The number of hydrogen-bond acceptors (Lipinski definition) is 4. The molecule has 7 heteroatoms. The Kier molecular flexibility index (Phi) is 4.64. The topological polar surface area (TPSA) is 73.2 Å². The second-order valence-corrected chi connectivity index (χ2v) is 7.00. The van der Waals surface area contributed by atoms with Gasteiger partial charge in [0.1, 0.15) is 16.4 Å². The van der Waals surface area contributed by atoms with Crippen LogP contribution in [0.4, 0.5) is 0 Å². The van der Waals surface area contributed by atoms with E-state index in [1.165, 1.54) is 17.1 Å². The lowest BCUT2D eigenvalue weighted by Gasteiger charge is -2.08. The van der Waals surface area contributed by atoms with Crippen molar-refractivity contribution in [3.8, 4) is 11.5 Å². The molecule has 24 heavy (non-hydrogen) atoms. The molecule has 0 aliphatic heterocycles. The van der Waals surface area contributed by atoms with E-state index in [0.717, 1.165) is 11.3 Å². The highest BCUT2D eigenvalue weighted by molar-refractivity contribution is 7.89. The van der Waals surface area contributed by atoms with Gasteiger partial charge in [0, 0.05) is 19.8 Å². The summed E-state index contributed by atoms with van der Waals surface area (Å²) in [5.41, 5.74) is 0.802. The molecule has 1 aromatic heterocycles. The van der Waals surface area contributed by atoms with Crippen molar-refractivity contribution in [2.75, 3.05) is 0 Å². The molecule has 3 rings (SSSR count). The van der Waals surface area contributed by atoms with Gasteiger partial charge in [-0.2, -0.15) is 5.10 Å². The smallest absolute Gasteiger partial charge is 0.243 e. The van der Waals surface area contributed by atoms with Crippen LogP contribution in [-0.4, -0.2) is 18.2 Å². The molecule has 0 aliphatic carbocycles. The number of nitrogens with one attached hydrogen (secondary N) is 1. The number of ether oxygens (including phenoxy) is 1. The Labute approximate surface area is 140 Å². The molecular formula is C17H17N3O3S. The summed E-state index contributed by atoms with van der Waals surface area (Å²) in [5, 5.41) is 3.88. The SMILES string of the molecule is Cn1cc(S(=O)(=O)NCc2cccc(Oc3ccccc3)c2)cn1. The van der Waals surface area contributed by atoms with Crippen molar-refractivity contribution in [1.29, 1.82) is 0 Å². The second-order valence-electron chi connectivity index (χ2n) is 5.24. The first-order valence-electron chi connectivity index (χ1n) is 7.33. The maximum absolute atomic E-state index is 12.2. The summed E-state index contributed by atoms with van der Waals surface area (Å²) in [7, 11) is -1.91. The fourth-order valence-electron chi connectivity index (χ4n) is 2.14. The first-order valence-corrected chi connectivity index (χ1v) is 8.81. The Morgan fingerprint density at radius 3 is 2.54 bits per heavy atom. The van der Waals surface area contributed by atoms with Crippen LogP contribution in [0.2, 0.25) is 0 Å². The van der Waals surface area contributed by atoms with Crippen molar-refractivity contribution in [3.05, 3.63) is 72.6 Å². The van der Waals surface area contributed by atoms with Gasteiger partial charge in [-0.1, -0.05) is 30.3 Å². The predicted octanol–water partition coefficient (Wildman–Crippen LogP) is 2.69. The van der Waals surface area contributed by atoms with E-state index in [9.17, 15) is 8.42 Å². The van der Waals surface area contributed by atoms with E-state index in [-0.39, 0.29) is 11.4 Å². The Bertz CT molecular complexity index is 921. The quantitative estimate of drug-likeness (QED) is 0.747. The van der Waals surface area contributed by atoms with Gasteiger partial charge >= 0.3 is 0 Å². The molecule has 0 amide bonds. The van der Waals surface area contributed by atoms with E-state index in [1.807, 2.05) is 48.5 Å². The number of para-hydroxylation sites is 1.